The number of hydrogen-bond donors (Lipinski definition) is 5. The second kappa shape index (κ2) is 2.96. The lowest BCUT2D eigenvalue weighted by Gasteiger charge is -2.17. The van der Waals surface area contributed by atoms with Crippen LogP contribution in [-0.2, 0) is 4.57 Å². The lowest BCUT2D eigenvalue weighted by molar-refractivity contribution is 0.369. The van der Waals surface area contributed by atoms with Gasteiger partial charge in [0, 0.05) is 0 Å². The van der Waals surface area contributed by atoms with Gasteiger partial charge in [-0.2, -0.15) is 4.98 Å². The van der Waals surface area contributed by atoms with Crippen molar-refractivity contribution in [3.8, 4) is 0 Å². The molecule has 0 aliphatic carbocycles. The molecule has 0 unspecified atom stereocenters. The first-order valence-electron chi connectivity index (χ1n) is 3.87. The van der Waals surface area contributed by atoms with E-state index in [4.69, 9.17) is 15.5 Å². The zero-order valence-electron chi connectivity index (χ0n) is 7.34. The number of H-pyrrole nitrogens is 1. The van der Waals surface area contributed by atoms with Crippen LogP contribution in [0.5, 0.6) is 0 Å². The largest absolute Gasteiger partial charge is 0.432 e. The minimum atomic E-state index is -4.49. The van der Waals surface area contributed by atoms with E-state index in [2.05, 4.69) is 15.3 Å². The third-order valence-electron chi connectivity index (χ3n) is 1.88. The van der Waals surface area contributed by atoms with Gasteiger partial charge in [0.15, 0.2) is 5.82 Å². The summed E-state index contributed by atoms with van der Waals surface area (Å²) in [5.74, 6) is -0.328. The summed E-state index contributed by atoms with van der Waals surface area (Å²) in [6, 6.07) is 0. The van der Waals surface area contributed by atoms with E-state index in [9.17, 15) is 9.36 Å². The quantitative estimate of drug-likeness (QED) is 0.374. The first-order chi connectivity index (χ1) is 6.89. The Balaban J connectivity index is 2.61. The Morgan fingerprint density at radius 3 is 2.80 bits per heavy atom. The first kappa shape index (κ1) is 9.97. The van der Waals surface area contributed by atoms with Gasteiger partial charge < -0.3 is 20.8 Å². The minimum Gasteiger partial charge on any atom is -0.369 e. The Bertz CT molecular complexity index is 507. The molecule has 0 amide bonds. The van der Waals surface area contributed by atoms with E-state index in [1.807, 2.05) is 0 Å². The minimum absolute atomic E-state index is 0.00697. The molecule has 1 aromatic rings. The normalized spacial score (nSPS) is 14.9. The van der Waals surface area contributed by atoms with E-state index < -0.39 is 13.3 Å². The van der Waals surface area contributed by atoms with E-state index in [0.29, 0.717) is 4.67 Å². The highest BCUT2D eigenvalue weighted by atomic mass is 31.2. The van der Waals surface area contributed by atoms with Crippen LogP contribution >= 0.6 is 7.75 Å². The molecule has 2 rings (SSSR count). The Morgan fingerprint density at radius 1 is 1.53 bits per heavy atom. The molecule has 15 heavy (non-hydrogen) atoms. The summed E-state index contributed by atoms with van der Waals surface area (Å²) in [4.78, 5) is 35.1. The summed E-state index contributed by atoms with van der Waals surface area (Å²) in [6.45, 7) is -0.181. The number of aromatic nitrogens is 2. The Labute approximate surface area is 83.1 Å². The van der Waals surface area contributed by atoms with Crippen molar-refractivity contribution in [1.82, 2.24) is 9.97 Å². The van der Waals surface area contributed by atoms with Crippen LogP contribution < -0.4 is 21.3 Å². The number of nitrogen functional groups attached to an aromatic ring is 1. The lowest BCUT2D eigenvalue weighted by atomic mass is 10.5. The summed E-state index contributed by atoms with van der Waals surface area (Å²) in [6.07, 6.45) is 0. The number of nitrogens with two attached hydrogens (primary N) is 1. The highest BCUT2D eigenvalue weighted by Gasteiger charge is 2.35. The van der Waals surface area contributed by atoms with Gasteiger partial charge in [0.1, 0.15) is 12.4 Å². The second-order valence-corrected chi connectivity index (χ2v) is 4.41. The maximum atomic E-state index is 11.3. The third kappa shape index (κ3) is 1.56. The number of aromatic amines is 1. The van der Waals surface area contributed by atoms with Gasteiger partial charge in [0.25, 0.3) is 5.56 Å². The van der Waals surface area contributed by atoms with E-state index in [1.54, 1.807) is 0 Å². The van der Waals surface area contributed by atoms with E-state index in [0.717, 1.165) is 0 Å². The molecule has 0 aromatic carbocycles. The van der Waals surface area contributed by atoms with Crippen molar-refractivity contribution in [3.63, 3.8) is 0 Å². The van der Waals surface area contributed by atoms with Crippen LogP contribution in [0, 0.1) is 0 Å². The van der Waals surface area contributed by atoms with Gasteiger partial charge in [-0.05, 0) is 0 Å². The van der Waals surface area contributed by atoms with Crippen LogP contribution in [0.4, 0.5) is 17.5 Å². The molecule has 0 bridgehead atoms. The monoisotopic (exact) mass is 233 g/mol. The number of anilines is 3. The SMILES string of the molecule is Nc1nc2c(c(=O)[nH]1)NCN2P(=O)(O)O. The predicted molar refractivity (Wildman–Crippen MR) is 52.3 cm³/mol. The number of nitrogens with one attached hydrogen (secondary N) is 2. The molecule has 1 aromatic heterocycles. The third-order valence-corrected chi connectivity index (χ3v) is 2.84. The molecule has 1 aliphatic heterocycles. The van der Waals surface area contributed by atoms with Crippen molar-refractivity contribution in [3.05, 3.63) is 10.4 Å². The fraction of sp³-hybridized carbons (Fsp3) is 0.200. The van der Waals surface area contributed by atoms with Gasteiger partial charge in [-0.3, -0.25) is 9.78 Å². The number of fused-ring (bicyclic) bond motifs is 1. The van der Waals surface area contributed by atoms with Crippen molar-refractivity contribution in [2.24, 2.45) is 0 Å². The number of hydrogen-bond acceptors (Lipinski definition) is 5. The maximum absolute atomic E-state index is 11.3. The summed E-state index contributed by atoms with van der Waals surface area (Å²) in [5.41, 5.74) is 4.71. The van der Waals surface area contributed by atoms with Crippen molar-refractivity contribution in [1.29, 1.82) is 0 Å². The molecular weight excluding hydrogens is 225 g/mol. The topological polar surface area (TPSA) is 145 Å². The van der Waals surface area contributed by atoms with Crippen LogP contribution in [0.25, 0.3) is 0 Å². The molecule has 0 saturated carbocycles. The van der Waals surface area contributed by atoms with Crippen LogP contribution in [-0.4, -0.2) is 26.4 Å². The van der Waals surface area contributed by atoms with Crippen molar-refractivity contribution >= 4 is 25.2 Å². The van der Waals surface area contributed by atoms with Gasteiger partial charge in [0.2, 0.25) is 5.95 Å². The molecule has 6 N–H and O–H groups in total. The van der Waals surface area contributed by atoms with Crippen molar-refractivity contribution in [2.45, 2.75) is 0 Å². The van der Waals surface area contributed by atoms with E-state index in [-0.39, 0.29) is 24.1 Å². The van der Waals surface area contributed by atoms with Crippen LogP contribution in [0.2, 0.25) is 0 Å². The van der Waals surface area contributed by atoms with Gasteiger partial charge in [-0.25, -0.2) is 9.24 Å². The Morgan fingerprint density at radius 2 is 2.20 bits per heavy atom. The van der Waals surface area contributed by atoms with E-state index >= 15 is 0 Å². The molecule has 0 atom stereocenters. The highest BCUT2D eigenvalue weighted by molar-refractivity contribution is 7.53. The van der Waals surface area contributed by atoms with Crippen LogP contribution in [0.15, 0.2) is 4.79 Å². The molecule has 9 nitrogen and oxygen atoms in total. The second-order valence-electron chi connectivity index (χ2n) is 2.90. The lowest BCUT2D eigenvalue weighted by Crippen LogP contribution is -2.19. The number of rotatable bonds is 1. The predicted octanol–water partition coefficient (Wildman–Crippen LogP) is -1.37. The summed E-state index contributed by atoms with van der Waals surface area (Å²) >= 11 is 0. The summed E-state index contributed by atoms with van der Waals surface area (Å²) in [7, 11) is -4.49. The zero-order valence-corrected chi connectivity index (χ0v) is 8.23. The molecular formula is C5H8N5O4P. The summed E-state index contributed by atoms with van der Waals surface area (Å²) < 4.78 is 11.7. The molecule has 0 radical (unpaired) electrons. The maximum Gasteiger partial charge on any atom is 0.432 e. The standard InChI is InChI=1S/C5H8N5O4P/c6-5-8-3-2(4(11)9-5)7-1-10(3)15(12,13)14/h7H,1H2,(H2,12,13,14)(H3,6,8,9,11). The fourth-order valence-corrected chi connectivity index (χ4v) is 1.92. The Kier molecular flexibility index (Phi) is 1.97. The fourth-order valence-electron chi connectivity index (χ4n) is 1.27. The van der Waals surface area contributed by atoms with Crippen molar-refractivity contribution < 1.29 is 14.4 Å². The van der Waals surface area contributed by atoms with Crippen LogP contribution in [0.3, 0.4) is 0 Å². The first-order valence-corrected chi connectivity index (χ1v) is 5.43. The van der Waals surface area contributed by atoms with Gasteiger partial charge in [-0.15, -0.1) is 0 Å². The average molecular weight is 233 g/mol. The molecule has 10 heteroatoms. The number of nitrogens with zero attached hydrogens (tertiary/aromatic N) is 2. The molecule has 1 aliphatic rings. The van der Waals surface area contributed by atoms with Crippen molar-refractivity contribution in [2.75, 3.05) is 22.4 Å². The molecule has 0 saturated heterocycles. The van der Waals surface area contributed by atoms with Gasteiger partial charge in [-0.1, -0.05) is 0 Å². The van der Waals surface area contributed by atoms with E-state index in [1.165, 1.54) is 0 Å². The molecule has 0 spiro atoms. The highest BCUT2D eigenvalue weighted by Crippen LogP contribution is 2.46. The average Bonchev–Trinajstić information content (AvgIpc) is 2.45. The smallest absolute Gasteiger partial charge is 0.369 e. The summed E-state index contributed by atoms with van der Waals surface area (Å²) in [5, 5.41) is 2.52. The van der Waals surface area contributed by atoms with Crippen LogP contribution in [0.1, 0.15) is 0 Å². The molecule has 0 fully saturated rings. The molecule has 2 heterocycles. The zero-order chi connectivity index (χ0) is 11.2. The Hall–Kier alpha value is -1.57. The molecule has 82 valence electrons. The van der Waals surface area contributed by atoms with Gasteiger partial charge >= 0.3 is 7.75 Å². The van der Waals surface area contributed by atoms with Gasteiger partial charge in [0.05, 0.1) is 0 Å².